The molecule has 2 rings (SSSR count). The third kappa shape index (κ3) is 7.97. The van der Waals surface area contributed by atoms with Crippen molar-refractivity contribution >= 4 is 11.9 Å². The fraction of sp³-hybridized carbons (Fsp3) is 0.600. The van der Waals surface area contributed by atoms with Crippen molar-refractivity contribution in [3.8, 4) is 0 Å². The van der Waals surface area contributed by atoms with E-state index in [1.807, 2.05) is 12.1 Å². The fourth-order valence-electron chi connectivity index (χ4n) is 2.78. The molecule has 2 N–H and O–H groups in total. The van der Waals surface area contributed by atoms with E-state index in [0.717, 1.165) is 45.8 Å². The van der Waals surface area contributed by atoms with Crippen LogP contribution in [0.4, 0.5) is 0 Å². The first-order chi connectivity index (χ1) is 13.1. The van der Waals surface area contributed by atoms with Gasteiger partial charge >= 0.3 is 0 Å². The Bertz CT molecular complexity index is 612. The molecule has 0 saturated carbocycles. The molecule has 7 heteroatoms. The number of aliphatic imine (C=N–C) groups is 1. The van der Waals surface area contributed by atoms with Crippen LogP contribution in [-0.2, 0) is 16.1 Å². The summed E-state index contributed by atoms with van der Waals surface area (Å²) in [5, 5.41) is 6.50. The van der Waals surface area contributed by atoms with Crippen molar-refractivity contribution in [1.82, 2.24) is 20.4 Å². The van der Waals surface area contributed by atoms with E-state index in [1.54, 1.807) is 19.0 Å². The molecule has 1 fully saturated rings. The number of likely N-dealkylation sites (N-methyl/N-ethyl adjacent to an activating group) is 1. The van der Waals surface area contributed by atoms with Gasteiger partial charge in [-0.3, -0.25) is 9.69 Å². The molecule has 1 aliphatic heterocycles. The Morgan fingerprint density at radius 3 is 2.67 bits per heavy atom. The first-order valence-corrected chi connectivity index (χ1v) is 9.63. The number of amides is 1. The van der Waals surface area contributed by atoms with Crippen LogP contribution in [0.2, 0.25) is 0 Å². The van der Waals surface area contributed by atoms with Crippen molar-refractivity contribution in [1.29, 1.82) is 0 Å². The van der Waals surface area contributed by atoms with E-state index in [9.17, 15) is 4.79 Å². The van der Waals surface area contributed by atoms with Crippen LogP contribution in [0, 0.1) is 6.92 Å². The average molecular weight is 376 g/mol. The summed E-state index contributed by atoms with van der Waals surface area (Å²) in [7, 11) is 3.51. The van der Waals surface area contributed by atoms with Crippen molar-refractivity contribution in [2.45, 2.75) is 19.9 Å². The Kier molecular flexibility index (Phi) is 9.07. The highest BCUT2D eigenvalue weighted by atomic mass is 16.5. The van der Waals surface area contributed by atoms with Gasteiger partial charge in [0.2, 0.25) is 5.91 Å². The maximum atomic E-state index is 11.9. The topological polar surface area (TPSA) is 69.2 Å². The molecule has 27 heavy (non-hydrogen) atoms. The quantitative estimate of drug-likeness (QED) is 0.400. The Morgan fingerprint density at radius 2 is 1.96 bits per heavy atom. The second kappa shape index (κ2) is 11.6. The molecule has 7 nitrogen and oxygen atoms in total. The minimum atomic E-state index is 0.0220. The van der Waals surface area contributed by atoms with Crippen LogP contribution in [0.5, 0.6) is 0 Å². The second-order valence-electron chi connectivity index (χ2n) is 6.97. The minimum absolute atomic E-state index is 0.0220. The maximum absolute atomic E-state index is 11.9. The number of nitrogens with one attached hydrogen (secondary N) is 2. The molecule has 0 aromatic heterocycles. The molecule has 0 spiro atoms. The highest BCUT2D eigenvalue weighted by Gasteiger charge is 2.10. The Morgan fingerprint density at radius 1 is 1.22 bits per heavy atom. The van der Waals surface area contributed by atoms with Crippen molar-refractivity contribution in [3.05, 3.63) is 35.4 Å². The molecule has 0 unspecified atom stereocenters. The maximum Gasteiger partial charge on any atom is 0.241 e. The third-order valence-electron chi connectivity index (χ3n) is 4.62. The normalized spacial score (nSPS) is 15.4. The van der Waals surface area contributed by atoms with Gasteiger partial charge < -0.3 is 20.3 Å². The van der Waals surface area contributed by atoms with Crippen LogP contribution < -0.4 is 10.6 Å². The summed E-state index contributed by atoms with van der Waals surface area (Å²) in [5.41, 5.74) is 2.41. The van der Waals surface area contributed by atoms with Gasteiger partial charge in [-0.25, -0.2) is 4.99 Å². The van der Waals surface area contributed by atoms with Gasteiger partial charge in [-0.2, -0.15) is 0 Å². The highest BCUT2D eigenvalue weighted by molar-refractivity contribution is 5.86. The number of carbonyl (C=O) groups excluding carboxylic acids is 1. The summed E-state index contributed by atoms with van der Waals surface area (Å²) in [5.74, 6) is 0.698. The summed E-state index contributed by atoms with van der Waals surface area (Å²) in [6, 6.07) is 8.22. The van der Waals surface area contributed by atoms with E-state index >= 15 is 0 Å². The standard InChI is InChI=1S/C20H33N5O2/c1-17-7-4-5-8-18(17)15-22-20(23-16-19(26)24(2)3)21-9-6-10-25-11-13-27-14-12-25/h4-5,7-8H,6,9-16H2,1-3H3,(H2,21,22,23). The van der Waals surface area contributed by atoms with Crippen LogP contribution in [0.15, 0.2) is 29.3 Å². The minimum Gasteiger partial charge on any atom is -0.379 e. The monoisotopic (exact) mass is 375 g/mol. The molecular weight excluding hydrogens is 342 g/mol. The Labute approximate surface area is 162 Å². The lowest BCUT2D eigenvalue weighted by Crippen LogP contribution is -2.44. The molecule has 0 atom stereocenters. The number of benzene rings is 1. The molecular formula is C20H33N5O2. The molecule has 1 saturated heterocycles. The van der Waals surface area contributed by atoms with Gasteiger partial charge in [-0.1, -0.05) is 24.3 Å². The zero-order valence-electron chi connectivity index (χ0n) is 16.8. The summed E-state index contributed by atoms with van der Waals surface area (Å²) >= 11 is 0. The summed E-state index contributed by atoms with van der Waals surface area (Å²) in [4.78, 5) is 20.5. The number of guanidine groups is 1. The van der Waals surface area contributed by atoms with Gasteiger partial charge in [0.05, 0.1) is 26.3 Å². The summed E-state index contributed by atoms with van der Waals surface area (Å²) in [6.45, 7) is 8.41. The van der Waals surface area contributed by atoms with Crippen molar-refractivity contribution in [2.24, 2.45) is 4.99 Å². The van der Waals surface area contributed by atoms with Gasteiger partial charge in [-0.15, -0.1) is 0 Å². The van der Waals surface area contributed by atoms with Crippen LogP contribution >= 0.6 is 0 Å². The molecule has 1 aromatic rings. The lowest BCUT2D eigenvalue weighted by atomic mass is 10.1. The SMILES string of the molecule is Cc1ccccc1CN=C(NCCCN1CCOCC1)NCC(=O)N(C)C. The predicted molar refractivity (Wildman–Crippen MR) is 109 cm³/mol. The lowest BCUT2D eigenvalue weighted by molar-refractivity contribution is -0.127. The van der Waals surface area contributed by atoms with E-state index in [4.69, 9.17) is 4.74 Å². The number of nitrogens with zero attached hydrogens (tertiary/aromatic N) is 3. The van der Waals surface area contributed by atoms with E-state index in [1.165, 1.54) is 11.1 Å². The van der Waals surface area contributed by atoms with Gasteiger partial charge in [0, 0.05) is 33.7 Å². The number of aryl methyl sites for hydroxylation is 1. The van der Waals surface area contributed by atoms with Crippen LogP contribution in [0.3, 0.4) is 0 Å². The van der Waals surface area contributed by atoms with Crippen LogP contribution in [-0.4, -0.2) is 81.7 Å². The number of hydrogen-bond donors (Lipinski definition) is 2. The average Bonchev–Trinajstić information content (AvgIpc) is 2.68. The van der Waals surface area contributed by atoms with E-state index < -0.39 is 0 Å². The van der Waals surface area contributed by atoms with E-state index in [2.05, 4.69) is 39.6 Å². The van der Waals surface area contributed by atoms with Crippen molar-refractivity contribution in [3.63, 3.8) is 0 Å². The van der Waals surface area contributed by atoms with Gasteiger partial charge in [0.15, 0.2) is 5.96 Å². The number of hydrogen-bond acceptors (Lipinski definition) is 4. The highest BCUT2D eigenvalue weighted by Crippen LogP contribution is 2.07. The number of ether oxygens (including phenoxy) is 1. The molecule has 1 aliphatic rings. The Hall–Kier alpha value is -2.12. The van der Waals surface area contributed by atoms with E-state index in [0.29, 0.717) is 12.5 Å². The van der Waals surface area contributed by atoms with Crippen molar-refractivity contribution < 1.29 is 9.53 Å². The molecule has 150 valence electrons. The smallest absolute Gasteiger partial charge is 0.241 e. The van der Waals surface area contributed by atoms with Crippen molar-refractivity contribution in [2.75, 3.05) is 60.0 Å². The number of morpholine rings is 1. The summed E-state index contributed by atoms with van der Waals surface area (Å²) in [6.07, 6.45) is 1.02. The van der Waals surface area contributed by atoms with Gasteiger partial charge in [0.1, 0.15) is 0 Å². The zero-order chi connectivity index (χ0) is 19.5. The molecule has 0 aliphatic carbocycles. The van der Waals surface area contributed by atoms with Gasteiger partial charge in [0.25, 0.3) is 0 Å². The van der Waals surface area contributed by atoms with Gasteiger partial charge in [-0.05, 0) is 31.0 Å². The van der Waals surface area contributed by atoms with Crippen LogP contribution in [0.1, 0.15) is 17.5 Å². The first kappa shape index (κ1) is 21.2. The third-order valence-corrected chi connectivity index (χ3v) is 4.62. The largest absolute Gasteiger partial charge is 0.379 e. The molecule has 1 amide bonds. The number of carbonyl (C=O) groups is 1. The summed E-state index contributed by atoms with van der Waals surface area (Å²) < 4.78 is 5.38. The lowest BCUT2D eigenvalue weighted by Gasteiger charge is -2.26. The number of rotatable bonds is 8. The Balaban J connectivity index is 1.85. The fourth-order valence-corrected chi connectivity index (χ4v) is 2.78. The molecule has 1 heterocycles. The second-order valence-corrected chi connectivity index (χ2v) is 6.97. The zero-order valence-corrected chi connectivity index (χ0v) is 16.8. The first-order valence-electron chi connectivity index (χ1n) is 9.63. The molecule has 0 bridgehead atoms. The molecule has 0 radical (unpaired) electrons. The van der Waals surface area contributed by atoms with Crippen LogP contribution in [0.25, 0.3) is 0 Å². The van der Waals surface area contributed by atoms with E-state index in [-0.39, 0.29) is 12.5 Å². The molecule has 1 aromatic carbocycles. The predicted octanol–water partition coefficient (Wildman–Crippen LogP) is 0.841.